The van der Waals surface area contributed by atoms with E-state index in [1.54, 1.807) is 0 Å². The van der Waals surface area contributed by atoms with Crippen LogP contribution in [-0.2, 0) is 4.79 Å². The summed E-state index contributed by atoms with van der Waals surface area (Å²) in [7, 11) is 0. The molecular formula is C19H32N4O2. The van der Waals surface area contributed by atoms with Crippen LogP contribution in [0.5, 0.6) is 0 Å². The van der Waals surface area contributed by atoms with Crippen molar-refractivity contribution in [3.05, 3.63) is 11.7 Å². The summed E-state index contributed by atoms with van der Waals surface area (Å²) in [5, 5.41) is 4.08. The molecule has 0 bridgehead atoms. The zero-order valence-corrected chi connectivity index (χ0v) is 15.7. The molecule has 1 aromatic heterocycles. The van der Waals surface area contributed by atoms with Crippen molar-refractivity contribution in [3.63, 3.8) is 0 Å². The molecule has 0 radical (unpaired) electrons. The topological polar surface area (TPSA) is 62.5 Å². The van der Waals surface area contributed by atoms with E-state index in [1.807, 2.05) is 4.90 Å². The number of hydrogen-bond acceptors (Lipinski definition) is 5. The van der Waals surface area contributed by atoms with Gasteiger partial charge in [-0.3, -0.25) is 4.79 Å². The van der Waals surface area contributed by atoms with E-state index in [0.717, 1.165) is 44.6 Å². The molecule has 3 heterocycles. The lowest BCUT2D eigenvalue weighted by molar-refractivity contribution is -0.135. The molecule has 0 saturated carbocycles. The van der Waals surface area contributed by atoms with E-state index in [-0.39, 0.29) is 17.9 Å². The maximum absolute atomic E-state index is 12.8. The van der Waals surface area contributed by atoms with Crippen molar-refractivity contribution >= 4 is 5.91 Å². The fraction of sp³-hybridized carbons (Fsp3) is 0.842. The number of carbonyl (C=O) groups is 1. The summed E-state index contributed by atoms with van der Waals surface area (Å²) in [6.45, 7) is 8.36. The SMILES string of the molecule is CC(C)c1noc([C@@H]2CCCCN2C(=O)CCCN2CCCCC2)n1. The van der Waals surface area contributed by atoms with E-state index >= 15 is 0 Å². The van der Waals surface area contributed by atoms with Crippen molar-refractivity contribution in [1.82, 2.24) is 19.9 Å². The van der Waals surface area contributed by atoms with Crippen LogP contribution in [0.4, 0.5) is 0 Å². The summed E-state index contributed by atoms with van der Waals surface area (Å²) in [5.41, 5.74) is 0. The summed E-state index contributed by atoms with van der Waals surface area (Å²) in [6.07, 6.45) is 8.64. The Morgan fingerprint density at radius 3 is 2.64 bits per heavy atom. The summed E-state index contributed by atoms with van der Waals surface area (Å²) in [5.74, 6) is 1.84. The third-order valence-corrected chi connectivity index (χ3v) is 5.40. The first-order valence-electron chi connectivity index (χ1n) is 10.0. The standard InChI is InChI=1S/C19H32N4O2/c1-15(2)18-20-19(25-21-18)16-9-4-7-14-23(16)17(24)10-8-13-22-11-5-3-6-12-22/h15-16H,3-14H2,1-2H3/t16-/m0/s1. The van der Waals surface area contributed by atoms with Crippen molar-refractivity contribution < 1.29 is 9.32 Å². The van der Waals surface area contributed by atoms with Gasteiger partial charge in [0.15, 0.2) is 5.82 Å². The van der Waals surface area contributed by atoms with Crippen molar-refractivity contribution in [2.24, 2.45) is 0 Å². The van der Waals surface area contributed by atoms with Gasteiger partial charge in [0.2, 0.25) is 11.8 Å². The number of carbonyl (C=O) groups excluding carboxylic acids is 1. The molecule has 0 aliphatic carbocycles. The number of hydrogen-bond donors (Lipinski definition) is 0. The average Bonchev–Trinajstić information content (AvgIpc) is 3.13. The van der Waals surface area contributed by atoms with Crippen LogP contribution in [0.3, 0.4) is 0 Å². The summed E-state index contributed by atoms with van der Waals surface area (Å²) >= 11 is 0. The summed E-state index contributed by atoms with van der Waals surface area (Å²) < 4.78 is 5.48. The number of likely N-dealkylation sites (tertiary alicyclic amines) is 2. The summed E-state index contributed by atoms with van der Waals surface area (Å²) in [4.78, 5) is 21.8. The molecule has 0 N–H and O–H groups in total. The van der Waals surface area contributed by atoms with Gasteiger partial charge in [-0.25, -0.2) is 0 Å². The van der Waals surface area contributed by atoms with Crippen LogP contribution in [0.25, 0.3) is 0 Å². The Kier molecular flexibility index (Phi) is 6.45. The van der Waals surface area contributed by atoms with Gasteiger partial charge in [0.1, 0.15) is 6.04 Å². The van der Waals surface area contributed by atoms with Gasteiger partial charge < -0.3 is 14.3 Å². The van der Waals surface area contributed by atoms with Crippen LogP contribution in [-0.4, -0.2) is 52.0 Å². The van der Waals surface area contributed by atoms with E-state index < -0.39 is 0 Å². The minimum absolute atomic E-state index is 0.0313. The predicted molar refractivity (Wildman–Crippen MR) is 96.2 cm³/mol. The highest BCUT2D eigenvalue weighted by atomic mass is 16.5. The fourth-order valence-corrected chi connectivity index (χ4v) is 3.88. The molecule has 1 amide bonds. The van der Waals surface area contributed by atoms with E-state index in [0.29, 0.717) is 12.3 Å². The molecule has 0 aromatic carbocycles. The van der Waals surface area contributed by atoms with Gasteiger partial charge in [0.25, 0.3) is 0 Å². The first-order valence-corrected chi connectivity index (χ1v) is 10.0. The highest BCUT2D eigenvalue weighted by Crippen LogP contribution is 2.31. The largest absolute Gasteiger partial charge is 0.337 e. The van der Waals surface area contributed by atoms with Gasteiger partial charge in [0.05, 0.1) is 0 Å². The second-order valence-electron chi connectivity index (χ2n) is 7.75. The van der Waals surface area contributed by atoms with Gasteiger partial charge in [0, 0.05) is 18.9 Å². The molecule has 0 spiro atoms. The third kappa shape index (κ3) is 4.81. The van der Waals surface area contributed by atoms with E-state index in [9.17, 15) is 4.79 Å². The van der Waals surface area contributed by atoms with Crippen LogP contribution < -0.4 is 0 Å². The first-order chi connectivity index (χ1) is 12.1. The lowest BCUT2D eigenvalue weighted by atomic mass is 10.0. The Bertz CT molecular complexity index is 551. The fourth-order valence-electron chi connectivity index (χ4n) is 3.88. The second kappa shape index (κ2) is 8.79. The van der Waals surface area contributed by atoms with Crippen LogP contribution in [0.2, 0.25) is 0 Å². The Labute approximate surface area is 150 Å². The number of piperidine rings is 2. The highest BCUT2D eigenvalue weighted by Gasteiger charge is 2.32. The predicted octanol–water partition coefficient (Wildman–Crippen LogP) is 3.51. The normalized spacial score (nSPS) is 22.5. The summed E-state index contributed by atoms with van der Waals surface area (Å²) in [6, 6.07) is -0.0313. The lowest BCUT2D eigenvalue weighted by Gasteiger charge is -2.34. The second-order valence-corrected chi connectivity index (χ2v) is 7.75. The number of aromatic nitrogens is 2. The minimum Gasteiger partial charge on any atom is -0.337 e. The molecule has 2 saturated heterocycles. The number of amides is 1. The quantitative estimate of drug-likeness (QED) is 0.787. The molecule has 6 nitrogen and oxygen atoms in total. The zero-order valence-electron chi connectivity index (χ0n) is 15.7. The molecule has 2 aliphatic rings. The van der Waals surface area contributed by atoms with Crippen molar-refractivity contribution in [2.75, 3.05) is 26.2 Å². The molecule has 2 fully saturated rings. The van der Waals surface area contributed by atoms with E-state index in [4.69, 9.17) is 4.52 Å². The van der Waals surface area contributed by atoms with Crippen molar-refractivity contribution in [2.45, 2.75) is 77.2 Å². The zero-order chi connectivity index (χ0) is 17.6. The number of rotatable bonds is 6. The van der Waals surface area contributed by atoms with Gasteiger partial charge in [-0.05, 0) is 58.2 Å². The molecule has 1 atom stereocenters. The Balaban J connectivity index is 1.54. The van der Waals surface area contributed by atoms with E-state index in [1.165, 1.54) is 32.4 Å². The van der Waals surface area contributed by atoms with Crippen LogP contribution in [0.1, 0.15) is 88.9 Å². The van der Waals surface area contributed by atoms with Gasteiger partial charge in [-0.1, -0.05) is 25.4 Å². The third-order valence-electron chi connectivity index (χ3n) is 5.40. The molecule has 6 heteroatoms. The van der Waals surface area contributed by atoms with Crippen molar-refractivity contribution in [3.8, 4) is 0 Å². The van der Waals surface area contributed by atoms with Gasteiger partial charge in [-0.15, -0.1) is 0 Å². The van der Waals surface area contributed by atoms with Crippen molar-refractivity contribution in [1.29, 1.82) is 0 Å². The average molecular weight is 348 g/mol. The monoisotopic (exact) mass is 348 g/mol. The highest BCUT2D eigenvalue weighted by molar-refractivity contribution is 5.76. The molecule has 2 aliphatic heterocycles. The first kappa shape index (κ1) is 18.4. The smallest absolute Gasteiger partial charge is 0.249 e. The number of nitrogens with zero attached hydrogens (tertiary/aromatic N) is 4. The van der Waals surface area contributed by atoms with Crippen LogP contribution >= 0.6 is 0 Å². The maximum Gasteiger partial charge on any atom is 0.249 e. The molecular weight excluding hydrogens is 316 g/mol. The lowest BCUT2D eigenvalue weighted by Crippen LogP contribution is -2.39. The minimum atomic E-state index is -0.0313. The van der Waals surface area contributed by atoms with Gasteiger partial charge in [-0.2, -0.15) is 4.98 Å². The van der Waals surface area contributed by atoms with Crippen LogP contribution in [0, 0.1) is 0 Å². The van der Waals surface area contributed by atoms with Crippen LogP contribution in [0.15, 0.2) is 4.52 Å². The Morgan fingerprint density at radius 2 is 1.92 bits per heavy atom. The molecule has 0 unspecified atom stereocenters. The Morgan fingerprint density at radius 1 is 1.16 bits per heavy atom. The molecule has 1 aromatic rings. The van der Waals surface area contributed by atoms with Gasteiger partial charge >= 0.3 is 0 Å². The molecule has 25 heavy (non-hydrogen) atoms. The molecule has 3 rings (SSSR count). The maximum atomic E-state index is 12.8. The Hall–Kier alpha value is -1.43. The molecule has 140 valence electrons. The van der Waals surface area contributed by atoms with E-state index in [2.05, 4.69) is 28.9 Å².